The molecule has 0 saturated carbocycles. The van der Waals surface area contributed by atoms with Gasteiger partial charge in [-0.05, 0) is 55.7 Å². The van der Waals surface area contributed by atoms with E-state index >= 15 is 0 Å². The molecule has 1 saturated heterocycles. The van der Waals surface area contributed by atoms with E-state index in [1.807, 2.05) is 24.0 Å². The van der Waals surface area contributed by atoms with E-state index in [0.29, 0.717) is 43.8 Å². The molecule has 2 aromatic rings. The van der Waals surface area contributed by atoms with Crippen molar-refractivity contribution < 1.29 is 14.3 Å². The van der Waals surface area contributed by atoms with E-state index in [1.54, 1.807) is 24.3 Å². The van der Waals surface area contributed by atoms with Crippen LogP contribution >= 0.6 is 0 Å². The molecule has 1 heterocycles. The molecule has 0 radical (unpaired) electrons. The van der Waals surface area contributed by atoms with Crippen LogP contribution in [0.15, 0.2) is 48.5 Å². The number of morpholine rings is 1. The van der Waals surface area contributed by atoms with Gasteiger partial charge in [-0.25, -0.2) is 0 Å². The van der Waals surface area contributed by atoms with Gasteiger partial charge < -0.3 is 15.0 Å². The monoisotopic (exact) mass is 366 g/mol. The van der Waals surface area contributed by atoms with Gasteiger partial charge in [-0.15, -0.1) is 0 Å². The fourth-order valence-corrected chi connectivity index (χ4v) is 3.24. The van der Waals surface area contributed by atoms with Gasteiger partial charge >= 0.3 is 0 Å². The highest BCUT2D eigenvalue weighted by Crippen LogP contribution is 2.15. The number of amides is 2. The Bertz CT molecular complexity index is 801. The van der Waals surface area contributed by atoms with Crippen LogP contribution in [0, 0.1) is 6.92 Å². The van der Waals surface area contributed by atoms with Crippen molar-refractivity contribution in [1.29, 1.82) is 0 Å². The molecule has 5 nitrogen and oxygen atoms in total. The molecule has 1 fully saturated rings. The number of benzene rings is 2. The number of anilines is 1. The van der Waals surface area contributed by atoms with Crippen LogP contribution in [0.4, 0.5) is 5.69 Å². The Morgan fingerprint density at radius 1 is 1.15 bits per heavy atom. The standard InChI is InChI=1S/C22H26N2O3/c1-16-5-3-4-6-18(16)9-12-21(25)23-20-10-7-19(8-11-20)22(26)24-13-14-27-17(2)15-24/h3-8,10-11,17H,9,12-15H2,1-2H3,(H,23,25). The summed E-state index contributed by atoms with van der Waals surface area (Å²) in [4.78, 5) is 26.6. The molecule has 3 rings (SSSR count). The normalized spacial score (nSPS) is 16.8. The summed E-state index contributed by atoms with van der Waals surface area (Å²) < 4.78 is 5.48. The highest BCUT2D eigenvalue weighted by Gasteiger charge is 2.22. The molecule has 27 heavy (non-hydrogen) atoms. The largest absolute Gasteiger partial charge is 0.375 e. The lowest BCUT2D eigenvalue weighted by atomic mass is 10.0. The third kappa shape index (κ3) is 5.17. The second-order valence-corrected chi connectivity index (χ2v) is 6.98. The summed E-state index contributed by atoms with van der Waals surface area (Å²) in [5.74, 6) is -0.0260. The van der Waals surface area contributed by atoms with Crippen LogP contribution in [0.3, 0.4) is 0 Å². The lowest BCUT2D eigenvalue weighted by Crippen LogP contribution is -2.44. The van der Waals surface area contributed by atoms with Gasteiger partial charge in [-0.1, -0.05) is 24.3 Å². The Morgan fingerprint density at radius 3 is 2.59 bits per heavy atom. The van der Waals surface area contributed by atoms with Crippen LogP contribution in [0.5, 0.6) is 0 Å². The first-order chi connectivity index (χ1) is 13.0. The first-order valence-corrected chi connectivity index (χ1v) is 9.38. The van der Waals surface area contributed by atoms with E-state index in [1.165, 1.54) is 11.1 Å². The number of nitrogens with zero attached hydrogens (tertiary/aromatic N) is 1. The van der Waals surface area contributed by atoms with Crippen molar-refractivity contribution in [3.63, 3.8) is 0 Å². The average molecular weight is 366 g/mol. The smallest absolute Gasteiger partial charge is 0.254 e. The number of rotatable bonds is 5. The summed E-state index contributed by atoms with van der Waals surface area (Å²) in [6.45, 7) is 5.81. The number of nitrogens with one attached hydrogen (secondary N) is 1. The van der Waals surface area contributed by atoms with Gasteiger partial charge in [0.25, 0.3) is 5.91 Å². The van der Waals surface area contributed by atoms with Crippen molar-refractivity contribution in [2.45, 2.75) is 32.8 Å². The van der Waals surface area contributed by atoms with Crippen LogP contribution in [0.2, 0.25) is 0 Å². The third-order valence-electron chi connectivity index (χ3n) is 4.83. The maximum atomic E-state index is 12.6. The number of hydrogen-bond acceptors (Lipinski definition) is 3. The summed E-state index contributed by atoms with van der Waals surface area (Å²) in [6, 6.07) is 15.2. The molecule has 1 aliphatic rings. The lowest BCUT2D eigenvalue weighted by Gasteiger charge is -2.31. The summed E-state index contributed by atoms with van der Waals surface area (Å²) in [5, 5.41) is 2.90. The molecule has 0 bridgehead atoms. The fourth-order valence-electron chi connectivity index (χ4n) is 3.24. The molecule has 1 N–H and O–H groups in total. The molecule has 0 aromatic heterocycles. The molecule has 142 valence electrons. The van der Waals surface area contributed by atoms with E-state index in [4.69, 9.17) is 4.74 Å². The van der Waals surface area contributed by atoms with Crippen molar-refractivity contribution >= 4 is 17.5 Å². The summed E-state index contributed by atoms with van der Waals surface area (Å²) in [5.41, 5.74) is 3.72. The lowest BCUT2D eigenvalue weighted by molar-refractivity contribution is -0.116. The Kier molecular flexibility index (Phi) is 6.24. The fraction of sp³-hybridized carbons (Fsp3) is 0.364. The Hall–Kier alpha value is -2.66. The van der Waals surface area contributed by atoms with E-state index in [0.717, 1.165) is 0 Å². The summed E-state index contributed by atoms with van der Waals surface area (Å²) >= 11 is 0. The molecular formula is C22H26N2O3. The van der Waals surface area contributed by atoms with Crippen LogP contribution in [0.25, 0.3) is 0 Å². The van der Waals surface area contributed by atoms with E-state index in [-0.39, 0.29) is 17.9 Å². The quantitative estimate of drug-likeness (QED) is 0.882. The van der Waals surface area contributed by atoms with Gasteiger partial charge in [-0.2, -0.15) is 0 Å². The van der Waals surface area contributed by atoms with E-state index in [9.17, 15) is 9.59 Å². The number of aryl methyl sites for hydroxylation is 2. The Labute approximate surface area is 160 Å². The molecule has 1 aliphatic heterocycles. The number of carbonyl (C=O) groups is 2. The van der Waals surface area contributed by atoms with E-state index in [2.05, 4.69) is 24.4 Å². The van der Waals surface area contributed by atoms with Gasteiger partial charge in [0.15, 0.2) is 0 Å². The van der Waals surface area contributed by atoms with Crippen molar-refractivity contribution in [2.24, 2.45) is 0 Å². The maximum Gasteiger partial charge on any atom is 0.254 e. The predicted octanol–water partition coefficient (Wildman–Crippen LogP) is 3.43. The Morgan fingerprint density at radius 2 is 1.89 bits per heavy atom. The van der Waals surface area contributed by atoms with Crippen molar-refractivity contribution in [2.75, 3.05) is 25.0 Å². The highest BCUT2D eigenvalue weighted by molar-refractivity contribution is 5.96. The second-order valence-electron chi connectivity index (χ2n) is 6.98. The zero-order valence-electron chi connectivity index (χ0n) is 15.9. The van der Waals surface area contributed by atoms with Crippen LogP contribution < -0.4 is 5.32 Å². The molecule has 5 heteroatoms. The van der Waals surface area contributed by atoms with E-state index < -0.39 is 0 Å². The SMILES string of the molecule is Cc1ccccc1CCC(=O)Nc1ccc(C(=O)N2CCOC(C)C2)cc1. The van der Waals surface area contributed by atoms with Crippen molar-refractivity contribution in [3.05, 3.63) is 65.2 Å². The van der Waals surface area contributed by atoms with Gasteiger partial charge in [-0.3, -0.25) is 9.59 Å². The van der Waals surface area contributed by atoms with Gasteiger partial charge in [0.05, 0.1) is 12.7 Å². The third-order valence-corrected chi connectivity index (χ3v) is 4.83. The first kappa shape index (κ1) is 19.1. The number of hydrogen-bond donors (Lipinski definition) is 1. The van der Waals surface area contributed by atoms with Gasteiger partial charge in [0.2, 0.25) is 5.91 Å². The Balaban J connectivity index is 1.53. The molecule has 0 aliphatic carbocycles. The average Bonchev–Trinajstić information content (AvgIpc) is 2.67. The highest BCUT2D eigenvalue weighted by atomic mass is 16.5. The molecule has 0 spiro atoms. The first-order valence-electron chi connectivity index (χ1n) is 9.38. The van der Waals surface area contributed by atoms with Crippen molar-refractivity contribution in [1.82, 2.24) is 4.90 Å². The summed E-state index contributed by atoms with van der Waals surface area (Å²) in [7, 11) is 0. The minimum absolute atomic E-state index is 0.00239. The molecule has 2 aromatic carbocycles. The second kappa shape index (κ2) is 8.82. The minimum Gasteiger partial charge on any atom is -0.375 e. The number of carbonyl (C=O) groups excluding carboxylic acids is 2. The minimum atomic E-state index is -0.0284. The summed E-state index contributed by atoms with van der Waals surface area (Å²) in [6.07, 6.45) is 1.20. The molecule has 2 amide bonds. The topological polar surface area (TPSA) is 58.6 Å². The van der Waals surface area contributed by atoms with Gasteiger partial charge in [0.1, 0.15) is 0 Å². The number of ether oxygens (including phenoxy) is 1. The van der Waals surface area contributed by atoms with Crippen LogP contribution in [0.1, 0.15) is 34.8 Å². The molecular weight excluding hydrogens is 340 g/mol. The van der Waals surface area contributed by atoms with Crippen LogP contribution in [-0.4, -0.2) is 42.5 Å². The van der Waals surface area contributed by atoms with Gasteiger partial charge in [0, 0.05) is 30.8 Å². The van der Waals surface area contributed by atoms with Crippen LogP contribution in [-0.2, 0) is 16.0 Å². The zero-order chi connectivity index (χ0) is 19.2. The predicted molar refractivity (Wildman–Crippen MR) is 106 cm³/mol. The maximum absolute atomic E-state index is 12.6. The molecule has 1 atom stereocenters. The zero-order valence-corrected chi connectivity index (χ0v) is 15.9. The van der Waals surface area contributed by atoms with Crippen molar-refractivity contribution in [3.8, 4) is 0 Å². The molecule has 1 unspecified atom stereocenters.